The normalized spacial score (nSPS) is 12.0. The number of oxazole rings is 1. The smallest absolute Gasteiger partial charge is 0.214 e. The van der Waals surface area contributed by atoms with Gasteiger partial charge in [0.2, 0.25) is 5.89 Å². The quantitative estimate of drug-likeness (QED) is 0.537. The largest absolute Gasteiger partial charge is 0.459 e. The first kappa shape index (κ1) is 18.0. The second kappa shape index (κ2) is 7.59. The minimum Gasteiger partial charge on any atom is -0.459 e. The van der Waals surface area contributed by atoms with Gasteiger partial charge in [-0.3, -0.25) is 0 Å². The maximum absolute atomic E-state index is 13.4. The van der Waals surface area contributed by atoms with Crippen molar-refractivity contribution in [2.75, 3.05) is 6.54 Å². The van der Waals surface area contributed by atoms with Crippen LogP contribution >= 0.6 is 0 Å². The van der Waals surface area contributed by atoms with E-state index in [4.69, 9.17) is 8.83 Å². The molecule has 2 N–H and O–H groups in total. The first-order chi connectivity index (χ1) is 12.5. The molecule has 2 aromatic heterocycles. The van der Waals surface area contributed by atoms with Crippen LogP contribution in [0.25, 0.3) is 11.0 Å². The molecule has 1 aromatic carbocycles. The zero-order valence-electron chi connectivity index (χ0n) is 15.4. The van der Waals surface area contributed by atoms with E-state index < -0.39 is 0 Å². The Labute approximate surface area is 151 Å². The molecular formula is C19H23FN4O2. The number of furan rings is 1. The van der Waals surface area contributed by atoms with Gasteiger partial charge in [0, 0.05) is 17.5 Å². The summed E-state index contributed by atoms with van der Waals surface area (Å²) in [6.45, 7) is 9.21. The summed E-state index contributed by atoms with van der Waals surface area (Å²) in [4.78, 5) is 8.89. The van der Waals surface area contributed by atoms with Crippen LogP contribution in [0.1, 0.15) is 35.6 Å². The van der Waals surface area contributed by atoms with Crippen molar-refractivity contribution in [3.63, 3.8) is 0 Å². The van der Waals surface area contributed by atoms with Crippen LogP contribution in [-0.2, 0) is 13.1 Å². The number of rotatable bonds is 5. The van der Waals surface area contributed by atoms with Gasteiger partial charge in [0.05, 0.1) is 12.2 Å². The van der Waals surface area contributed by atoms with E-state index >= 15 is 0 Å². The van der Waals surface area contributed by atoms with Crippen molar-refractivity contribution >= 4 is 16.9 Å². The van der Waals surface area contributed by atoms with E-state index in [-0.39, 0.29) is 5.82 Å². The molecule has 0 amide bonds. The van der Waals surface area contributed by atoms with Gasteiger partial charge in [0.25, 0.3) is 0 Å². The van der Waals surface area contributed by atoms with Gasteiger partial charge in [-0.1, -0.05) is 0 Å². The Morgan fingerprint density at radius 1 is 1.19 bits per heavy atom. The lowest BCUT2D eigenvalue weighted by Gasteiger charge is -2.09. The molecule has 0 unspecified atom stereocenters. The van der Waals surface area contributed by atoms with Crippen LogP contribution in [0, 0.1) is 26.6 Å². The Morgan fingerprint density at radius 2 is 2.00 bits per heavy atom. The first-order valence-electron chi connectivity index (χ1n) is 8.60. The molecule has 0 saturated heterocycles. The van der Waals surface area contributed by atoms with E-state index in [1.54, 1.807) is 6.07 Å². The first-order valence-corrected chi connectivity index (χ1v) is 8.60. The summed E-state index contributed by atoms with van der Waals surface area (Å²) < 4.78 is 24.8. The van der Waals surface area contributed by atoms with E-state index in [2.05, 4.69) is 20.6 Å². The van der Waals surface area contributed by atoms with Gasteiger partial charge in [0.15, 0.2) is 5.96 Å². The number of hydrogen-bond donors (Lipinski definition) is 2. The Morgan fingerprint density at radius 3 is 2.69 bits per heavy atom. The highest BCUT2D eigenvalue weighted by Crippen LogP contribution is 2.26. The van der Waals surface area contributed by atoms with Crippen LogP contribution in [0.2, 0.25) is 0 Å². The van der Waals surface area contributed by atoms with Crippen molar-refractivity contribution in [3.8, 4) is 0 Å². The number of benzene rings is 1. The number of hydrogen-bond acceptors (Lipinski definition) is 4. The van der Waals surface area contributed by atoms with Crippen LogP contribution in [0.5, 0.6) is 0 Å². The maximum atomic E-state index is 13.4. The van der Waals surface area contributed by atoms with Crippen molar-refractivity contribution in [3.05, 3.63) is 52.7 Å². The highest BCUT2D eigenvalue weighted by Gasteiger charge is 2.11. The number of fused-ring (bicyclic) bond motifs is 1. The summed E-state index contributed by atoms with van der Waals surface area (Å²) in [7, 11) is 0. The van der Waals surface area contributed by atoms with Crippen LogP contribution in [0.15, 0.2) is 32.0 Å². The number of nitrogens with one attached hydrogen (secondary N) is 2. The summed E-state index contributed by atoms with van der Waals surface area (Å²) in [5, 5.41) is 7.14. The Kier molecular flexibility index (Phi) is 5.25. The number of guanidine groups is 1. The van der Waals surface area contributed by atoms with Gasteiger partial charge in [0.1, 0.15) is 29.5 Å². The molecule has 26 heavy (non-hydrogen) atoms. The molecule has 0 radical (unpaired) electrons. The third-order valence-electron chi connectivity index (χ3n) is 4.20. The topological polar surface area (TPSA) is 75.6 Å². The molecule has 7 heteroatoms. The fraction of sp³-hybridized carbons (Fsp3) is 0.368. The molecule has 0 spiro atoms. The standard InChI is InChI=1S/C19H23FN4O2/c1-5-21-19(23-10-18-24-12(3)13(4)25-18)22-9-17-11(2)15-8-14(20)6-7-16(15)26-17/h6-8H,5,9-10H2,1-4H3,(H2,21,22,23). The van der Waals surface area contributed by atoms with Crippen LogP contribution < -0.4 is 10.6 Å². The molecular weight excluding hydrogens is 335 g/mol. The average molecular weight is 358 g/mol. The Balaban J connectivity index is 1.73. The van der Waals surface area contributed by atoms with Gasteiger partial charge in [-0.05, 0) is 45.9 Å². The fourth-order valence-electron chi connectivity index (χ4n) is 2.66. The van der Waals surface area contributed by atoms with E-state index in [0.29, 0.717) is 36.3 Å². The van der Waals surface area contributed by atoms with Gasteiger partial charge >= 0.3 is 0 Å². The van der Waals surface area contributed by atoms with E-state index in [9.17, 15) is 4.39 Å². The highest BCUT2D eigenvalue weighted by molar-refractivity contribution is 5.82. The van der Waals surface area contributed by atoms with E-state index in [1.165, 1.54) is 12.1 Å². The fourth-order valence-corrected chi connectivity index (χ4v) is 2.66. The second-order valence-corrected chi connectivity index (χ2v) is 6.09. The predicted octanol–water partition coefficient (Wildman–Crippen LogP) is 3.74. The molecule has 0 saturated carbocycles. The molecule has 0 aliphatic carbocycles. The van der Waals surface area contributed by atoms with Crippen molar-refractivity contribution < 1.29 is 13.2 Å². The predicted molar refractivity (Wildman–Crippen MR) is 98.5 cm³/mol. The highest BCUT2D eigenvalue weighted by atomic mass is 19.1. The lowest BCUT2D eigenvalue weighted by atomic mass is 10.1. The molecule has 138 valence electrons. The van der Waals surface area contributed by atoms with Crippen LogP contribution in [0.4, 0.5) is 4.39 Å². The zero-order valence-corrected chi connectivity index (χ0v) is 15.4. The van der Waals surface area contributed by atoms with Crippen molar-refractivity contribution in [2.24, 2.45) is 4.99 Å². The van der Waals surface area contributed by atoms with Crippen LogP contribution in [0.3, 0.4) is 0 Å². The molecule has 0 aliphatic rings. The minimum atomic E-state index is -0.275. The number of nitrogens with zero attached hydrogens (tertiary/aromatic N) is 2. The molecule has 0 fully saturated rings. The van der Waals surface area contributed by atoms with Crippen molar-refractivity contribution in [2.45, 2.75) is 40.8 Å². The summed E-state index contributed by atoms with van der Waals surface area (Å²) in [6, 6.07) is 4.52. The molecule has 0 bridgehead atoms. The van der Waals surface area contributed by atoms with Gasteiger partial charge < -0.3 is 19.5 Å². The lowest BCUT2D eigenvalue weighted by Crippen LogP contribution is -2.36. The summed E-state index contributed by atoms with van der Waals surface area (Å²) in [6.07, 6.45) is 0. The third kappa shape index (κ3) is 3.87. The number of aromatic nitrogens is 1. The average Bonchev–Trinajstić information content (AvgIpc) is 3.10. The number of aryl methyl sites for hydroxylation is 3. The Hall–Kier alpha value is -2.83. The molecule has 3 aromatic rings. The van der Waals surface area contributed by atoms with Gasteiger partial charge in [-0.25, -0.2) is 14.4 Å². The number of aliphatic imine (C=N–C) groups is 1. The van der Waals surface area contributed by atoms with Crippen molar-refractivity contribution in [1.29, 1.82) is 0 Å². The third-order valence-corrected chi connectivity index (χ3v) is 4.20. The number of halogens is 1. The zero-order chi connectivity index (χ0) is 18.7. The minimum absolute atomic E-state index is 0.275. The molecule has 2 heterocycles. The monoisotopic (exact) mass is 358 g/mol. The summed E-state index contributed by atoms with van der Waals surface area (Å²) in [5.74, 6) is 2.50. The molecule has 6 nitrogen and oxygen atoms in total. The van der Waals surface area contributed by atoms with E-state index in [0.717, 1.165) is 28.9 Å². The lowest BCUT2D eigenvalue weighted by molar-refractivity contribution is 0.463. The molecule has 0 aliphatic heterocycles. The van der Waals surface area contributed by atoms with Crippen molar-refractivity contribution in [1.82, 2.24) is 15.6 Å². The summed E-state index contributed by atoms with van der Waals surface area (Å²) in [5.41, 5.74) is 2.45. The Bertz CT molecular complexity index is 923. The molecule has 0 atom stereocenters. The van der Waals surface area contributed by atoms with E-state index in [1.807, 2.05) is 27.7 Å². The van der Waals surface area contributed by atoms with Crippen LogP contribution in [-0.4, -0.2) is 17.5 Å². The van der Waals surface area contributed by atoms with Gasteiger partial charge in [-0.15, -0.1) is 0 Å². The second-order valence-electron chi connectivity index (χ2n) is 6.09. The van der Waals surface area contributed by atoms with Gasteiger partial charge in [-0.2, -0.15) is 0 Å². The maximum Gasteiger partial charge on any atom is 0.214 e. The SMILES string of the molecule is CCNC(=NCc1oc2ccc(F)cc2c1C)NCc1nc(C)c(C)o1. The molecule has 3 rings (SSSR count). The summed E-state index contributed by atoms with van der Waals surface area (Å²) >= 11 is 0.